The Morgan fingerprint density at radius 1 is 1.16 bits per heavy atom. The lowest BCUT2D eigenvalue weighted by Crippen LogP contribution is -2.40. The number of nitrogens with one attached hydrogen (secondary N) is 2. The molecular formula is C18H13ClF3N3O6. The van der Waals surface area contributed by atoms with Crippen LogP contribution < -0.4 is 10.6 Å². The number of amides is 2. The molecule has 13 heteroatoms. The molecule has 2 N–H and O–H groups in total. The third-order valence-corrected chi connectivity index (χ3v) is 4.08. The number of halogens is 4. The lowest BCUT2D eigenvalue weighted by molar-refractivity contribution is -0.384. The first-order valence-corrected chi connectivity index (χ1v) is 8.75. The lowest BCUT2D eigenvalue weighted by Gasteiger charge is -2.14. The van der Waals surface area contributed by atoms with Crippen LogP contribution in [0.4, 0.5) is 24.5 Å². The van der Waals surface area contributed by atoms with E-state index in [0.717, 1.165) is 24.3 Å². The number of benzene rings is 2. The maximum Gasteiger partial charge on any atom is 0.340 e. The number of esters is 1. The maximum absolute atomic E-state index is 13.5. The SMILES string of the molecule is CC(OC(=O)c1ccc([N+](=O)[O-])cc1Cl)C(=O)NCC(=O)Nc1ccc(F)c(F)c1F. The van der Waals surface area contributed by atoms with Crippen molar-refractivity contribution in [2.75, 3.05) is 11.9 Å². The van der Waals surface area contributed by atoms with Crippen LogP contribution in [0.25, 0.3) is 0 Å². The molecule has 2 aromatic rings. The normalized spacial score (nSPS) is 11.4. The van der Waals surface area contributed by atoms with Gasteiger partial charge in [0.25, 0.3) is 11.6 Å². The summed E-state index contributed by atoms with van der Waals surface area (Å²) >= 11 is 5.81. The number of anilines is 1. The Morgan fingerprint density at radius 3 is 2.45 bits per heavy atom. The molecule has 0 aromatic heterocycles. The van der Waals surface area contributed by atoms with E-state index >= 15 is 0 Å². The van der Waals surface area contributed by atoms with Gasteiger partial charge in [-0.05, 0) is 25.1 Å². The average molecular weight is 460 g/mol. The molecule has 31 heavy (non-hydrogen) atoms. The second-order valence-corrected chi connectivity index (χ2v) is 6.36. The highest BCUT2D eigenvalue weighted by Crippen LogP contribution is 2.23. The number of non-ortho nitro benzene ring substituents is 1. The van der Waals surface area contributed by atoms with Gasteiger partial charge in [-0.1, -0.05) is 11.6 Å². The van der Waals surface area contributed by atoms with Crippen molar-refractivity contribution in [3.63, 3.8) is 0 Å². The van der Waals surface area contributed by atoms with E-state index in [0.29, 0.717) is 6.07 Å². The van der Waals surface area contributed by atoms with Crippen LogP contribution in [0.1, 0.15) is 17.3 Å². The average Bonchev–Trinajstić information content (AvgIpc) is 2.72. The van der Waals surface area contributed by atoms with Gasteiger partial charge >= 0.3 is 5.97 Å². The van der Waals surface area contributed by atoms with Crippen LogP contribution in [0.5, 0.6) is 0 Å². The van der Waals surface area contributed by atoms with Crippen molar-refractivity contribution in [3.05, 3.63) is 68.5 Å². The van der Waals surface area contributed by atoms with Gasteiger partial charge in [0.2, 0.25) is 5.91 Å². The third-order valence-electron chi connectivity index (χ3n) is 3.77. The van der Waals surface area contributed by atoms with Crippen LogP contribution in [0.3, 0.4) is 0 Å². The highest BCUT2D eigenvalue weighted by atomic mass is 35.5. The number of hydrogen-bond donors (Lipinski definition) is 2. The number of nitro benzene ring substituents is 1. The van der Waals surface area contributed by atoms with Crippen LogP contribution in [0, 0.1) is 27.6 Å². The van der Waals surface area contributed by atoms with Crippen LogP contribution in [-0.4, -0.2) is 35.4 Å². The van der Waals surface area contributed by atoms with Gasteiger partial charge in [0.15, 0.2) is 23.6 Å². The Labute approximate surface area is 177 Å². The van der Waals surface area contributed by atoms with Crippen molar-refractivity contribution < 1.29 is 37.2 Å². The van der Waals surface area contributed by atoms with Crippen molar-refractivity contribution in [2.24, 2.45) is 0 Å². The zero-order chi connectivity index (χ0) is 23.3. The summed E-state index contributed by atoms with van der Waals surface area (Å²) in [5.41, 5.74) is -1.21. The fraction of sp³-hybridized carbons (Fsp3) is 0.167. The largest absolute Gasteiger partial charge is 0.449 e. The first-order chi connectivity index (χ1) is 14.5. The summed E-state index contributed by atoms with van der Waals surface area (Å²) in [6.45, 7) is 0.483. The molecule has 1 atom stereocenters. The summed E-state index contributed by atoms with van der Waals surface area (Å²) in [5, 5.41) is 14.5. The van der Waals surface area contributed by atoms with E-state index in [1.165, 1.54) is 6.92 Å². The van der Waals surface area contributed by atoms with Crippen molar-refractivity contribution in [3.8, 4) is 0 Å². The zero-order valence-corrected chi connectivity index (χ0v) is 16.3. The molecule has 1 unspecified atom stereocenters. The number of ether oxygens (including phenoxy) is 1. The van der Waals surface area contributed by atoms with Gasteiger partial charge < -0.3 is 15.4 Å². The lowest BCUT2D eigenvalue weighted by atomic mass is 10.2. The molecule has 0 aliphatic rings. The summed E-state index contributed by atoms with van der Waals surface area (Å²) in [7, 11) is 0. The fourth-order valence-electron chi connectivity index (χ4n) is 2.19. The predicted molar refractivity (Wildman–Crippen MR) is 101 cm³/mol. The Kier molecular flexibility index (Phi) is 7.53. The van der Waals surface area contributed by atoms with Crippen LogP contribution >= 0.6 is 11.6 Å². The molecule has 2 aromatic carbocycles. The highest BCUT2D eigenvalue weighted by Gasteiger charge is 2.23. The predicted octanol–water partition coefficient (Wildman–Crippen LogP) is 2.97. The molecule has 2 rings (SSSR count). The molecule has 9 nitrogen and oxygen atoms in total. The summed E-state index contributed by atoms with van der Waals surface area (Å²) in [4.78, 5) is 45.8. The van der Waals surface area contributed by atoms with Gasteiger partial charge in [0.1, 0.15) is 0 Å². The molecule has 0 heterocycles. The van der Waals surface area contributed by atoms with Crippen molar-refractivity contribution in [1.82, 2.24) is 5.32 Å². The quantitative estimate of drug-likeness (QED) is 0.283. The minimum absolute atomic E-state index is 0.224. The molecule has 2 amide bonds. The first-order valence-electron chi connectivity index (χ1n) is 8.37. The topological polar surface area (TPSA) is 128 Å². The molecule has 0 fully saturated rings. The molecule has 0 aliphatic heterocycles. The van der Waals surface area contributed by atoms with Gasteiger partial charge in [-0.25, -0.2) is 18.0 Å². The Hall–Kier alpha value is -3.67. The third kappa shape index (κ3) is 5.92. The smallest absolute Gasteiger partial charge is 0.340 e. The Balaban J connectivity index is 1.91. The zero-order valence-electron chi connectivity index (χ0n) is 15.6. The van der Waals surface area contributed by atoms with E-state index in [1.54, 1.807) is 0 Å². The standard InChI is InChI=1S/C18H13ClF3N3O6/c1-8(31-18(28)10-3-2-9(25(29)30)6-11(10)19)17(27)23-7-14(26)24-13-5-4-12(20)15(21)16(13)22/h2-6,8H,7H2,1H3,(H,23,27)(H,24,26). The summed E-state index contributed by atoms with van der Waals surface area (Å²) in [5.74, 6) is -7.74. The molecule has 0 spiro atoms. The Morgan fingerprint density at radius 2 is 1.84 bits per heavy atom. The van der Waals surface area contributed by atoms with Gasteiger partial charge in [-0.3, -0.25) is 19.7 Å². The molecule has 0 radical (unpaired) electrons. The first kappa shape index (κ1) is 23.6. The highest BCUT2D eigenvalue weighted by molar-refractivity contribution is 6.33. The molecule has 164 valence electrons. The number of hydrogen-bond acceptors (Lipinski definition) is 6. The number of carbonyl (C=O) groups is 3. The van der Waals surface area contributed by atoms with Crippen LogP contribution in [0.15, 0.2) is 30.3 Å². The van der Waals surface area contributed by atoms with Gasteiger partial charge in [-0.2, -0.15) is 0 Å². The van der Waals surface area contributed by atoms with Crippen molar-refractivity contribution >= 4 is 40.8 Å². The molecule has 0 aliphatic carbocycles. The molecular weight excluding hydrogens is 447 g/mol. The summed E-state index contributed by atoms with van der Waals surface area (Å²) in [6, 6.07) is 4.42. The van der Waals surface area contributed by atoms with Crippen LogP contribution in [0.2, 0.25) is 5.02 Å². The van der Waals surface area contributed by atoms with E-state index in [2.05, 4.69) is 5.32 Å². The van der Waals surface area contributed by atoms with Crippen LogP contribution in [-0.2, 0) is 14.3 Å². The number of rotatable bonds is 7. The van der Waals surface area contributed by atoms with E-state index in [4.69, 9.17) is 16.3 Å². The molecule has 0 saturated heterocycles. The minimum atomic E-state index is -1.77. The summed E-state index contributed by atoms with van der Waals surface area (Å²) < 4.78 is 44.5. The van der Waals surface area contributed by atoms with E-state index in [9.17, 15) is 37.7 Å². The maximum atomic E-state index is 13.5. The second-order valence-electron chi connectivity index (χ2n) is 5.96. The number of carbonyl (C=O) groups excluding carboxylic acids is 3. The van der Waals surface area contributed by atoms with Gasteiger partial charge in [0.05, 0.1) is 27.7 Å². The fourth-order valence-corrected chi connectivity index (χ4v) is 2.44. The number of nitro groups is 1. The molecule has 0 bridgehead atoms. The second kappa shape index (κ2) is 9.89. The van der Waals surface area contributed by atoms with Gasteiger partial charge in [-0.15, -0.1) is 0 Å². The van der Waals surface area contributed by atoms with Crippen molar-refractivity contribution in [2.45, 2.75) is 13.0 Å². The van der Waals surface area contributed by atoms with Crippen molar-refractivity contribution in [1.29, 1.82) is 0 Å². The number of nitrogens with zero attached hydrogens (tertiary/aromatic N) is 1. The van der Waals surface area contributed by atoms with E-state index in [-0.39, 0.29) is 16.3 Å². The molecule has 0 saturated carbocycles. The Bertz CT molecular complexity index is 1070. The van der Waals surface area contributed by atoms with E-state index in [1.807, 2.05) is 5.32 Å². The monoisotopic (exact) mass is 459 g/mol. The summed E-state index contributed by atoms with van der Waals surface area (Å²) in [6.07, 6.45) is -1.40. The minimum Gasteiger partial charge on any atom is -0.449 e. The van der Waals surface area contributed by atoms with E-state index < -0.39 is 58.5 Å². The van der Waals surface area contributed by atoms with Gasteiger partial charge in [0, 0.05) is 12.1 Å².